The Bertz CT molecular complexity index is 728. The number of carbonyl (C=O) groups excluding carboxylic acids is 2. The van der Waals surface area contributed by atoms with Gasteiger partial charge in [-0.2, -0.15) is 0 Å². The highest BCUT2D eigenvalue weighted by atomic mass is 16.7. The lowest BCUT2D eigenvalue weighted by atomic mass is 10.0. The van der Waals surface area contributed by atoms with Gasteiger partial charge in [0.1, 0.15) is 18.5 Å². The zero-order chi connectivity index (χ0) is 20.4. The van der Waals surface area contributed by atoms with Crippen molar-refractivity contribution in [3.8, 4) is 0 Å². The van der Waals surface area contributed by atoms with Gasteiger partial charge in [0.25, 0.3) is 0 Å². The van der Waals surface area contributed by atoms with E-state index in [9.17, 15) is 9.59 Å². The Labute approximate surface area is 165 Å². The molecule has 0 aliphatic rings. The van der Waals surface area contributed by atoms with Gasteiger partial charge < -0.3 is 24.3 Å². The van der Waals surface area contributed by atoms with Crippen molar-refractivity contribution in [2.24, 2.45) is 0 Å². The van der Waals surface area contributed by atoms with Crippen LogP contribution in [0.4, 0.5) is 4.79 Å². The molecule has 0 fully saturated rings. The monoisotopic (exact) mass is 385 g/mol. The van der Waals surface area contributed by atoms with Crippen molar-refractivity contribution in [3.63, 3.8) is 0 Å². The van der Waals surface area contributed by atoms with Gasteiger partial charge in [0.15, 0.2) is 6.29 Å². The van der Waals surface area contributed by atoms with Crippen LogP contribution in [0.1, 0.15) is 37.9 Å². The zero-order valence-electron chi connectivity index (χ0n) is 16.5. The van der Waals surface area contributed by atoms with Gasteiger partial charge in [-0.25, -0.2) is 4.79 Å². The third-order valence-electron chi connectivity index (χ3n) is 3.75. The van der Waals surface area contributed by atoms with E-state index in [-0.39, 0.29) is 6.79 Å². The van der Waals surface area contributed by atoms with Crippen LogP contribution in [0, 0.1) is 0 Å². The van der Waals surface area contributed by atoms with E-state index >= 15 is 0 Å². The molecule has 2 rings (SSSR count). The fourth-order valence-electron chi connectivity index (χ4n) is 2.52. The summed E-state index contributed by atoms with van der Waals surface area (Å²) in [6, 6.07) is 18.1. The normalized spacial score (nSPS) is 13.4. The highest BCUT2D eigenvalue weighted by molar-refractivity contribution is 5.70. The fourth-order valence-corrected chi connectivity index (χ4v) is 2.52. The second-order valence-corrected chi connectivity index (χ2v) is 7.25. The number of aldehydes is 1. The largest absolute Gasteiger partial charge is 0.444 e. The molecular formula is C22H27NO5. The first-order chi connectivity index (χ1) is 13.4. The lowest BCUT2D eigenvalue weighted by Crippen LogP contribution is -2.41. The zero-order valence-corrected chi connectivity index (χ0v) is 16.5. The number of amides is 1. The van der Waals surface area contributed by atoms with E-state index in [0.29, 0.717) is 12.9 Å². The molecule has 0 spiro atoms. The number of nitrogens with one attached hydrogen (secondary N) is 1. The number of alkyl carbamates (subject to hydrolysis) is 1. The summed E-state index contributed by atoms with van der Waals surface area (Å²) >= 11 is 0. The Morgan fingerprint density at radius 3 is 2.21 bits per heavy atom. The molecule has 0 heterocycles. The molecule has 0 bridgehead atoms. The third kappa shape index (κ3) is 7.50. The van der Waals surface area contributed by atoms with Crippen LogP contribution in [-0.2, 0) is 25.6 Å². The number of benzene rings is 2. The molecule has 0 aromatic heterocycles. The van der Waals surface area contributed by atoms with E-state index < -0.39 is 23.8 Å². The molecule has 2 aromatic carbocycles. The second-order valence-electron chi connectivity index (χ2n) is 7.25. The summed E-state index contributed by atoms with van der Waals surface area (Å²) in [5.74, 6) is 0. The average Bonchev–Trinajstić information content (AvgIpc) is 2.67. The molecule has 6 heteroatoms. The van der Waals surface area contributed by atoms with E-state index in [1.54, 1.807) is 20.8 Å². The quantitative estimate of drug-likeness (QED) is 0.401. The topological polar surface area (TPSA) is 73.9 Å². The molecular weight excluding hydrogens is 358 g/mol. The van der Waals surface area contributed by atoms with Crippen molar-refractivity contribution in [2.75, 3.05) is 6.79 Å². The summed E-state index contributed by atoms with van der Waals surface area (Å²) in [5.41, 5.74) is 1.08. The number of carbonyl (C=O) groups is 2. The van der Waals surface area contributed by atoms with Crippen LogP contribution < -0.4 is 5.32 Å². The summed E-state index contributed by atoms with van der Waals surface area (Å²) in [5, 5.41) is 2.73. The van der Waals surface area contributed by atoms with Gasteiger partial charge in [0, 0.05) is 0 Å². The first-order valence-corrected chi connectivity index (χ1v) is 9.12. The first kappa shape index (κ1) is 21.6. The van der Waals surface area contributed by atoms with E-state index in [2.05, 4.69) is 5.32 Å². The van der Waals surface area contributed by atoms with Gasteiger partial charge in [0.05, 0.1) is 12.6 Å². The van der Waals surface area contributed by atoms with Crippen LogP contribution in [0.3, 0.4) is 0 Å². The Morgan fingerprint density at radius 1 is 1.04 bits per heavy atom. The van der Waals surface area contributed by atoms with E-state index in [4.69, 9.17) is 14.2 Å². The fraction of sp³-hybridized carbons (Fsp3) is 0.364. The van der Waals surface area contributed by atoms with E-state index in [0.717, 1.165) is 11.1 Å². The molecule has 0 radical (unpaired) electrons. The van der Waals surface area contributed by atoms with Crippen LogP contribution in [-0.4, -0.2) is 30.9 Å². The van der Waals surface area contributed by atoms with Crippen molar-refractivity contribution >= 4 is 12.4 Å². The molecule has 0 aliphatic carbocycles. The molecule has 2 aromatic rings. The van der Waals surface area contributed by atoms with Crippen LogP contribution in [0.15, 0.2) is 60.7 Å². The van der Waals surface area contributed by atoms with Crippen molar-refractivity contribution in [1.82, 2.24) is 5.32 Å². The minimum absolute atomic E-state index is 0.0857. The van der Waals surface area contributed by atoms with E-state index in [1.165, 1.54) is 0 Å². The van der Waals surface area contributed by atoms with Crippen LogP contribution >= 0.6 is 0 Å². The smallest absolute Gasteiger partial charge is 0.408 e. The van der Waals surface area contributed by atoms with Crippen molar-refractivity contribution < 1.29 is 23.8 Å². The van der Waals surface area contributed by atoms with Crippen LogP contribution in [0.25, 0.3) is 0 Å². The molecule has 6 nitrogen and oxygen atoms in total. The maximum absolute atomic E-state index is 12.2. The average molecular weight is 385 g/mol. The second kappa shape index (κ2) is 10.6. The Balaban J connectivity index is 2.00. The predicted octanol–water partition coefficient (Wildman–Crippen LogP) is 4.01. The van der Waals surface area contributed by atoms with Gasteiger partial charge >= 0.3 is 6.09 Å². The molecule has 0 saturated carbocycles. The standard InChI is InChI=1S/C22H27NO5/c1-22(2,3)28-21(25)23-20(18-12-8-5-9-13-18)19(14-24)27-16-26-15-17-10-6-4-7-11-17/h4-14,19-20H,15-16H2,1-3H3,(H,23,25). The number of hydrogen-bond acceptors (Lipinski definition) is 5. The highest BCUT2D eigenvalue weighted by Crippen LogP contribution is 2.20. The number of rotatable bonds is 9. The van der Waals surface area contributed by atoms with Gasteiger partial charge in [-0.05, 0) is 31.9 Å². The summed E-state index contributed by atoms with van der Waals surface area (Å²) < 4.78 is 16.4. The minimum Gasteiger partial charge on any atom is -0.444 e. The highest BCUT2D eigenvalue weighted by Gasteiger charge is 2.28. The molecule has 1 amide bonds. The lowest BCUT2D eigenvalue weighted by Gasteiger charge is -2.27. The Morgan fingerprint density at radius 2 is 1.64 bits per heavy atom. The first-order valence-electron chi connectivity index (χ1n) is 9.12. The van der Waals surface area contributed by atoms with Crippen molar-refractivity contribution in [2.45, 2.75) is 45.1 Å². The molecule has 1 N–H and O–H groups in total. The molecule has 0 aliphatic heterocycles. The van der Waals surface area contributed by atoms with Crippen molar-refractivity contribution in [3.05, 3.63) is 71.8 Å². The predicted molar refractivity (Wildman–Crippen MR) is 106 cm³/mol. The maximum Gasteiger partial charge on any atom is 0.408 e. The van der Waals surface area contributed by atoms with Gasteiger partial charge in [-0.3, -0.25) is 0 Å². The molecule has 2 unspecified atom stereocenters. The molecule has 2 atom stereocenters. The van der Waals surface area contributed by atoms with Crippen LogP contribution in [0.5, 0.6) is 0 Å². The third-order valence-corrected chi connectivity index (χ3v) is 3.75. The Kier molecular flexibility index (Phi) is 8.17. The SMILES string of the molecule is CC(C)(C)OC(=O)NC(c1ccccc1)C(C=O)OCOCc1ccccc1. The van der Waals surface area contributed by atoms with E-state index in [1.807, 2.05) is 60.7 Å². The van der Waals surface area contributed by atoms with Gasteiger partial charge in [-0.1, -0.05) is 60.7 Å². The van der Waals surface area contributed by atoms with Crippen molar-refractivity contribution in [1.29, 1.82) is 0 Å². The van der Waals surface area contributed by atoms with Gasteiger partial charge in [-0.15, -0.1) is 0 Å². The summed E-state index contributed by atoms with van der Waals surface area (Å²) in [6.07, 6.45) is -0.895. The number of hydrogen-bond donors (Lipinski definition) is 1. The summed E-state index contributed by atoms with van der Waals surface area (Å²) in [7, 11) is 0. The Hall–Kier alpha value is -2.70. The molecule has 0 saturated heterocycles. The van der Waals surface area contributed by atoms with Crippen LogP contribution in [0.2, 0.25) is 0 Å². The molecule has 150 valence electrons. The summed E-state index contributed by atoms with van der Waals surface area (Å²) in [4.78, 5) is 23.9. The number of ether oxygens (including phenoxy) is 3. The maximum atomic E-state index is 12.2. The summed E-state index contributed by atoms with van der Waals surface area (Å²) in [6.45, 7) is 5.60. The lowest BCUT2D eigenvalue weighted by molar-refractivity contribution is -0.136. The van der Waals surface area contributed by atoms with Gasteiger partial charge in [0.2, 0.25) is 0 Å². The minimum atomic E-state index is -0.925. The molecule has 28 heavy (non-hydrogen) atoms.